The third kappa shape index (κ3) is 6.24. The third-order valence-corrected chi connectivity index (χ3v) is 9.00. The molecular formula is C32H30ClFN8O3S. The molecule has 3 amide bonds. The molecule has 3 aliphatic rings. The van der Waals surface area contributed by atoms with Crippen LogP contribution < -0.4 is 16.0 Å². The van der Waals surface area contributed by atoms with E-state index < -0.39 is 23.7 Å². The first-order chi connectivity index (χ1) is 21.9. The number of piperidine rings is 1. The number of aryl methyl sites for hydroxylation is 1. The Balaban J connectivity index is 0.00000372. The quantitative estimate of drug-likeness (QED) is 0.270. The van der Waals surface area contributed by atoms with Gasteiger partial charge in [-0.05, 0) is 63.0 Å². The van der Waals surface area contributed by atoms with Crippen molar-refractivity contribution in [1.29, 1.82) is 0 Å². The summed E-state index contributed by atoms with van der Waals surface area (Å²) in [5.74, 6) is 4.11. The second kappa shape index (κ2) is 13.4. The number of anilines is 1. The largest absolute Gasteiger partial charge is 0.348 e. The minimum atomic E-state index is -1.06. The highest BCUT2D eigenvalue weighted by molar-refractivity contribution is 7.13. The predicted molar refractivity (Wildman–Crippen MR) is 171 cm³/mol. The topological polar surface area (TPSA) is 134 Å². The minimum Gasteiger partial charge on any atom is -0.348 e. The van der Waals surface area contributed by atoms with Gasteiger partial charge in [0.2, 0.25) is 0 Å². The van der Waals surface area contributed by atoms with Crippen LogP contribution in [-0.2, 0) is 24.3 Å². The summed E-state index contributed by atoms with van der Waals surface area (Å²) >= 11 is 1.27. The lowest BCUT2D eigenvalue weighted by atomic mass is 10.1. The summed E-state index contributed by atoms with van der Waals surface area (Å²) in [4.78, 5) is 54.3. The average Bonchev–Trinajstić information content (AvgIpc) is 3.85. The molecule has 0 aliphatic carbocycles. The van der Waals surface area contributed by atoms with Crippen molar-refractivity contribution in [1.82, 2.24) is 35.1 Å². The van der Waals surface area contributed by atoms with E-state index in [-0.39, 0.29) is 42.0 Å². The maximum Gasteiger partial charge on any atom is 0.270 e. The summed E-state index contributed by atoms with van der Waals surface area (Å²) in [5, 5.41) is 11.2. The average molecular weight is 661 g/mol. The standard InChI is InChI=1S/C32H29FN8O3S.ClH/c33-24-15-20(4-3-19-5-6-25(36-16-19)29(42)38-21-7-9-34-10-8-21)14-22-23(24)17-41(31(22)44)28(30(43)39-32-35-11-13-45-32)27-26-2-1-12-40(26)18-37-27;/h5-6,11,13-16,18,21,28,34H,1-2,7-10,12,17H2,(H,38,42)(H,35,39,43);1H. The predicted octanol–water partition coefficient (Wildman–Crippen LogP) is 3.46. The van der Waals surface area contributed by atoms with Crippen molar-refractivity contribution in [3.63, 3.8) is 0 Å². The number of carbonyl (C=O) groups excluding carboxylic acids is 3. The van der Waals surface area contributed by atoms with Crippen molar-refractivity contribution >= 4 is 46.6 Å². The van der Waals surface area contributed by atoms with Gasteiger partial charge in [0.05, 0.1) is 18.6 Å². The molecule has 1 unspecified atom stereocenters. The van der Waals surface area contributed by atoms with Gasteiger partial charge in [-0.2, -0.15) is 0 Å². The summed E-state index contributed by atoms with van der Waals surface area (Å²) in [6.07, 6.45) is 8.16. The second-order valence-electron chi connectivity index (χ2n) is 11.2. The lowest BCUT2D eigenvalue weighted by Crippen LogP contribution is -2.42. The molecule has 3 N–H and O–H groups in total. The Bertz CT molecular complexity index is 1850. The van der Waals surface area contributed by atoms with E-state index in [2.05, 4.69) is 42.7 Å². The molecule has 1 fully saturated rings. The molecule has 4 aromatic rings. The normalized spacial score (nSPS) is 16.1. The molecule has 236 valence electrons. The maximum atomic E-state index is 15.5. The molecule has 0 bridgehead atoms. The van der Waals surface area contributed by atoms with Crippen LogP contribution in [0.3, 0.4) is 0 Å². The maximum absolute atomic E-state index is 15.5. The number of aromatic nitrogens is 4. The Hall–Kier alpha value is -4.64. The van der Waals surface area contributed by atoms with Gasteiger partial charge >= 0.3 is 0 Å². The van der Waals surface area contributed by atoms with Gasteiger partial charge in [-0.1, -0.05) is 11.8 Å². The number of nitrogens with zero attached hydrogens (tertiary/aromatic N) is 5. The van der Waals surface area contributed by atoms with Crippen molar-refractivity contribution in [3.8, 4) is 11.8 Å². The zero-order chi connectivity index (χ0) is 30.9. The summed E-state index contributed by atoms with van der Waals surface area (Å²) in [5.41, 5.74) is 2.89. The molecule has 0 radical (unpaired) electrons. The number of hydrogen-bond donors (Lipinski definition) is 3. The molecule has 1 aromatic carbocycles. The van der Waals surface area contributed by atoms with E-state index in [1.807, 2.05) is 4.57 Å². The molecule has 11 nitrogen and oxygen atoms in total. The fourth-order valence-corrected chi connectivity index (χ4v) is 6.57. The summed E-state index contributed by atoms with van der Waals surface area (Å²) < 4.78 is 17.4. The molecular weight excluding hydrogens is 631 g/mol. The monoisotopic (exact) mass is 660 g/mol. The van der Waals surface area contributed by atoms with Crippen molar-refractivity contribution in [2.75, 3.05) is 18.4 Å². The Morgan fingerprint density at radius 1 is 1.11 bits per heavy atom. The van der Waals surface area contributed by atoms with Crippen molar-refractivity contribution < 1.29 is 18.8 Å². The molecule has 3 aromatic heterocycles. The van der Waals surface area contributed by atoms with E-state index in [4.69, 9.17) is 0 Å². The van der Waals surface area contributed by atoms with Gasteiger partial charge in [-0.15, -0.1) is 23.7 Å². The summed E-state index contributed by atoms with van der Waals surface area (Å²) in [7, 11) is 0. The van der Waals surface area contributed by atoms with Crippen LogP contribution in [0.15, 0.2) is 48.4 Å². The van der Waals surface area contributed by atoms with Gasteiger partial charge in [0.25, 0.3) is 17.7 Å². The van der Waals surface area contributed by atoms with E-state index in [9.17, 15) is 14.4 Å². The lowest BCUT2D eigenvalue weighted by molar-refractivity contribution is -0.121. The number of carbonyl (C=O) groups is 3. The lowest BCUT2D eigenvalue weighted by Gasteiger charge is -2.26. The first-order valence-electron chi connectivity index (χ1n) is 14.8. The Morgan fingerprint density at radius 2 is 1.93 bits per heavy atom. The van der Waals surface area contributed by atoms with Crippen molar-refractivity contribution in [2.45, 2.75) is 50.9 Å². The molecule has 7 rings (SSSR count). The van der Waals surface area contributed by atoms with E-state index in [1.165, 1.54) is 28.5 Å². The number of pyridine rings is 1. The van der Waals surface area contributed by atoms with Gasteiger partial charge < -0.3 is 20.1 Å². The van der Waals surface area contributed by atoms with Crippen LogP contribution in [0.5, 0.6) is 0 Å². The van der Waals surface area contributed by atoms with Gasteiger partial charge in [-0.3, -0.25) is 19.7 Å². The van der Waals surface area contributed by atoms with E-state index in [1.54, 1.807) is 36.1 Å². The van der Waals surface area contributed by atoms with Crippen LogP contribution in [-0.4, -0.2) is 61.3 Å². The van der Waals surface area contributed by atoms with Gasteiger partial charge in [-0.25, -0.2) is 19.3 Å². The van der Waals surface area contributed by atoms with Gasteiger partial charge in [0.15, 0.2) is 11.2 Å². The van der Waals surface area contributed by atoms with Crippen molar-refractivity contribution in [3.05, 3.63) is 93.5 Å². The number of hydrogen-bond acceptors (Lipinski definition) is 8. The molecule has 14 heteroatoms. The SMILES string of the molecule is Cl.O=C(NC1CCNCC1)c1ccc(C#Cc2cc(F)c3c(c2)C(=O)N(C(C(=O)Nc2nccs2)c2ncn4c2CCC4)C3)cn1. The molecule has 46 heavy (non-hydrogen) atoms. The number of thiazole rings is 1. The highest BCUT2D eigenvalue weighted by atomic mass is 35.5. The molecule has 1 atom stereocenters. The second-order valence-corrected chi connectivity index (χ2v) is 12.1. The highest BCUT2D eigenvalue weighted by Gasteiger charge is 2.42. The van der Waals surface area contributed by atoms with Crippen LogP contribution in [0, 0.1) is 17.7 Å². The molecule has 1 saturated heterocycles. The summed E-state index contributed by atoms with van der Waals surface area (Å²) in [6, 6.07) is 5.19. The van der Waals surface area contributed by atoms with Crippen LogP contribution >= 0.6 is 23.7 Å². The third-order valence-electron chi connectivity index (χ3n) is 8.31. The number of fused-ring (bicyclic) bond motifs is 2. The van der Waals surface area contributed by atoms with Crippen LogP contribution in [0.2, 0.25) is 0 Å². The molecule has 0 saturated carbocycles. The number of amides is 3. The number of halogens is 2. The van der Waals surface area contributed by atoms with Crippen LogP contribution in [0.4, 0.5) is 9.52 Å². The van der Waals surface area contributed by atoms with Gasteiger partial charge in [0.1, 0.15) is 11.5 Å². The van der Waals surface area contributed by atoms with E-state index in [0.717, 1.165) is 51.0 Å². The number of nitrogens with one attached hydrogen (secondary N) is 3. The fourth-order valence-electron chi connectivity index (χ4n) is 6.04. The van der Waals surface area contributed by atoms with Gasteiger partial charge in [0, 0.05) is 58.3 Å². The van der Waals surface area contributed by atoms with Crippen LogP contribution in [0.25, 0.3) is 0 Å². The zero-order valence-electron chi connectivity index (χ0n) is 24.6. The molecule has 3 aliphatic heterocycles. The Morgan fingerprint density at radius 3 is 2.70 bits per heavy atom. The zero-order valence-corrected chi connectivity index (χ0v) is 26.2. The fraction of sp³-hybridized carbons (Fsp3) is 0.312. The molecule has 0 spiro atoms. The Labute approximate surface area is 274 Å². The smallest absolute Gasteiger partial charge is 0.270 e. The number of rotatable bonds is 6. The van der Waals surface area contributed by atoms with Crippen molar-refractivity contribution in [2.24, 2.45) is 0 Å². The number of benzene rings is 1. The first-order valence-corrected chi connectivity index (χ1v) is 15.7. The minimum absolute atomic E-state index is 0. The van der Waals surface area contributed by atoms with E-state index >= 15 is 4.39 Å². The van der Waals surface area contributed by atoms with E-state index in [0.29, 0.717) is 27.6 Å². The highest BCUT2D eigenvalue weighted by Crippen LogP contribution is 2.36. The van der Waals surface area contributed by atoms with Crippen LogP contribution in [0.1, 0.15) is 74.2 Å². The molecule has 6 heterocycles. The Kier molecular flexibility index (Phi) is 9.12. The first kappa shape index (κ1) is 31.3. The summed E-state index contributed by atoms with van der Waals surface area (Å²) in [6.45, 7) is 2.45. The number of imidazole rings is 1.